The van der Waals surface area contributed by atoms with E-state index in [0.717, 1.165) is 12.8 Å². The summed E-state index contributed by atoms with van der Waals surface area (Å²) >= 11 is 0. The third kappa shape index (κ3) is 4.22. The van der Waals surface area contributed by atoms with E-state index in [0.29, 0.717) is 17.9 Å². The van der Waals surface area contributed by atoms with Crippen LogP contribution in [0.3, 0.4) is 0 Å². The van der Waals surface area contributed by atoms with Gasteiger partial charge in [0.2, 0.25) is 0 Å². The van der Waals surface area contributed by atoms with Gasteiger partial charge in [-0.1, -0.05) is 12.1 Å². The first kappa shape index (κ1) is 18.8. The number of carbonyl (C=O) groups is 1. The molecule has 1 aliphatic rings. The van der Waals surface area contributed by atoms with Gasteiger partial charge in [0.05, 0.1) is 24.2 Å². The second-order valence-corrected chi connectivity index (χ2v) is 6.19. The maximum atomic E-state index is 13.3. The zero-order valence-corrected chi connectivity index (χ0v) is 14.7. The number of nitro benzene ring substituents is 1. The third-order valence-corrected chi connectivity index (χ3v) is 4.50. The van der Waals surface area contributed by atoms with Crippen molar-refractivity contribution in [2.24, 2.45) is 0 Å². The Labute approximate surface area is 155 Å². The van der Waals surface area contributed by atoms with Gasteiger partial charge in [-0.2, -0.15) is 0 Å². The fourth-order valence-corrected chi connectivity index (χ4v) is 3.13. The summed E-state index contributed by atoms with van der Waals surface area (Å²) in [7, 11) is 1.41. The standard InChI is InChI=1S/C19H19FN2O5/c1-26-14-8-9-16(22(24)25)15(11-14)19(23)21-18(17-3-2-10-27-17)12-4-6-13(20)7-5-12/h4-9,11,17-18H,2-3,10H2,1H3,(H,21,23)/t17-,18-/m1/s1. The Bertz CT molecular complexity index is 834. The molecular formula is C19H19FN2O5. The zero-order valence-electron chi connectivity index (χ0n) is 14.7. The predicted octanol–water partition coefficient (Wildman–Crippen LogP) is 3.39. The number of carbonyl (C=O) groups excluding carboxylic acids is 1. The normalized spacial score (nSPS) is 17.3. The van der Waals surface area contributed by atoms with Gasteiger partial charge < -0.3 is 14.8 Å². The molecule has 1 amide bonds. The summed E-state index contributed by atoms with van der Waals surface area (Å²) < 4.78 is 24.0. The van der Waals surface area contributed by atoms with Crippen molar-refractivity contribution in [3.63, 3.8) is 0 Å². The van der Waals surface area contributed by atoms with Crippen LogP contribution in [-0.4, -0.2) is 30.7 Å². The Morgan fingerprint density at radius 1 is 1.33 bits per heavy atom. The van der Waals surface area contributed by atoms with E-state index in [4.69, 9.17) is 9.47 Å². The van der Waals surface area contributed by atoms with E-state index in [1.807, 2.05) is 0 Å². The van der Waals surface area contributed by atoms with Gasteiger partial charge in [0.25, 0.3) is 11.6 Å². The van der Waals surface area contributed by atoms with Gasteiger partial charge in [0.1, 0.15) is 17.1 Å². The van der Waals surface area contributed by atoms with Crippen LogP contribution < -0.4 is 10.1 Å². The van der Waals surface area contributed by atoms with Crippen LogP contribution in [0, 0.1) is 15.9 Å². The molecule has 7 nitrogen and oxygen atoms in total. The molecule has 0 bridgehead atoms. The molecule has 2 aromatic carbocycles. The Morgan fingerprint density at radius 2 is 2.07 bits per heavy atom. The van der Waals surface area contributed by atoms with Gasteiger partial charge in [-0.05, 0) is 42.7 Å². The number of nitro groups is 1. The molecule has 1 N–H and O–H groups in total. The lowest BCUT2D eigenvalue weighted by molar-refractivity contribution is -0.385. The second kappa shape index (κ2) is 8.13. The molecule has 1 saturated heterocycles. The molecule has 0 spiro atoms. The van der Waals surface area contributed by atoms with Crippen LogP contribution in [0.5, 0.6) is 5.75 Å². The molecule has 142 valence electrons. The van der Waals surface area contributed by atoms with Crippen LogP contribution in [-0.2, 0) is 4.74 Å². The molecular weight excluding hydrogens is 355 g/mol. The van der Waals surface area contributed by atoms with Crippen LogP contribution >= 0.6 is 0 Å². The highest BCUT2D eigenvalue weighted by atomic mass is 19.1. The molecule has 0 aromatic heterocycles. The summed E-state index contributed by atoms with van der Waals surface area (Å²) in [4.78, 5) is 23.5. The van der Waals surface area contributed by atoms with E-state index < -0.39 is 16.9 Å². The molecule has 0 saturated carbocycles. The van der Waals surface area contributed by atoms with Crippen LogP contribution in [0.1, 0.15) is 34.8 Å². The third-order valence-electron chi connectivity index (χ3n) is 4.50. The van der Waals surface area contributed by atoms with Gasteiger partial charge in [-0.15, -0.1) is 0 Å². The lowest BCUT2D eigenvalue weighted by atomic mass is 9.98. The van der Waals surface area contributed by atoms with Gasteiger partial charge in [-0.3, -0.25) is 14.9 Å². The number of nitrogens with zero attached hydrogens (tertiary/aromatic N) is 1. The van der Waals surface area contributed by atoms with Crippen molar-refractivity contribution in [1.82, 2.24) is 5.32 Å². The fraction of sp³-hybridized carbons (Fsp3) is 0.316. The number of hydrogen-bond acceptors (Lipinski definition) is 5. The Hall–Kier alpha value is -3.00. The lowest BCUT2D eigenvalue weighted by Crippen LogP contribution is -2.36. The van der Waals surface area contributed by atoms with Gasteiger partial charge in [0.15, 0.2) is 0 Å². The number of halogens is 1. The van der Waals surface area contributed by atoms with Crippen molar-refractivity contribution in [2.45, 2.75) is 25.0 Å². The number of methoxy groups -OCH3 is 1. The average molecular weight is 374 g/mol. The molecule has 3 rings (SSSR count). The van der Waals surface area contributed by atoms with Crippen LogP contribution in [0.2, 0.25) is 0 Å². The Balaban J connectivity index is 1.92. The monoisotopic (exact) mass is 374 g/mol. The minimum absolute atomic E-state index is 0.107. The highest BCUT2D eigenvalue weighted by Gasteiger charge is 2.31. The SMILES string of the molecule is COc1ccc([N+](=O)[O-])c(C(=O)N[C@H](c2ccc(F)cc2)[C@H]2CCCO2)c1. The number of benzene rings is 2. The van der Waals surface area contributed by atoms with E-state index in [2.05, 4.69) is 5.32 Å². The highest BCUT2D eigenvalue weighted by molar-refractivity contribution is 5.98. The molecule has 0 unspecified atom stereocenters. The van der Waals surface area contributed by atoms with Crippen LogP contribution in [0.15, 0.2) is 42.5 Å². The predicted molar refractivity (Wildman–Crippen MR) is 95.2 cm³/mol. The first-order valence-corrected chi connectivity index (χ1v) is 8.50. The number of nitrogens with one attached hydrogen (secondary N) is 1. The number of rotatable bonds is 6. The van der Waals surface area contributed by atoms with Crippen molar-refractivity contribution < 1.29 is 23.6 Å². The van der Waals surface area contributed by atoms with E-state index in [1.54, 1.807) is 12.1 Å². The molecule has 0 radical (unpaired) electrons. The van der Waals surface area contributed by atoms with Crippen molar-refractivity contribution in [3.8, 4) is 5.75 Å². The lowest BCUT2D eigenvalue weighted by Gasteiger charge is -2.25. The quantitative estimate of drug-likeness (QED) is 0.618. The first-order chi connectivity index (χ1) is 13.0. The van der Waals surface area contributed by atoms with Crippen molar-refractivity contribution in [1.29, 1.82) is 0 Å². The number of amides is 1. The molecule has 2 atom stereocenters. The highest BCUT2D eigenvalue weighted by Crippen LogP contribution is 2.29. The Morgan fingerprint density at radius 3 is 2.67 bits per heavy atom. The maximum Gasteiger partial charge on any atom is 0.282 e. The van der Waals surface area contributed by atoms with Crippen molar-refractivity contribution in [3.05, 3.63) is 69.5 Å². The topological polar surface area (TPSA) is 90.7 Å². The van der Waals surface area contributed by atoms with E-state index >= 15 is 0 Å². The van der Waals surface area contributed by atoms with Crippen molar-refractivity contribution >= 4 is 11.6 Å². The summed E-state index contributed by atoms with van der Waals surface area (Å²) in [5.41, 5.74) is 0.241. The first-order valence-electron chi connectivity index (χ1n) is 8.50. The molecule has 0 aliphatic carbocycles. The van der Waals surface area contributed by atoms with Gasteiger partial charge in [-0.25, -0.2) is 4.39 Å². The maximum absolute atomic E-state index is 13.3. The molecule has 8 heteroatoms. The fourth-order valence-electron chi connectivity index (χ4n) is 3.13. The molecule has 27 heavy (non-hydrogen) atoms. The molecule has 1 heterocycles. The number of hydrogen-bond donors (Lipinski definition) is 1. The minimum Gasteiger partial charge on any atom is -0.497 e. The average Bonchev–Trinajstić information content (AvgIpc) is 3.20. The van der Waals surface area contributed by atoms with Crippen LogP contribution in [0.25, 0.3) is 0 Å². The minimum atomic E-state index is -0.620. The molecule has 1 fully saturated rings. The molecule has 2 aromatic rings. The van der Waals surface area contributed by atoms with Gasteiger partial charge >= 0.3 is 0 Å². The van der Waals surface area contributed by atoms with Crippen molar-refractivity contribution in [2.75, 3.05) is 13.7 Å². The summed E-state index contributed by atoms with van der Waals surface area (Å²) in [6, 6.07) is 9.18. The van der Waals surface area contributed by atoms with Gasteiger partial charge in [0, 0.05) is 12.7 Å². The summed E-state index contributed by atoms with van der Waals surface area (Å²) in [6.45, 7) is 0.567. The van der Waals surface area contributed by atoms with E-state index in [-0.39, 0.29) is 23.2 Å². The summed E-state index contributed by atoms with van der Waals surface area (Å²) in [5, 5.41) is 14.1. The largest absolute Gasteiger partial charge is 0.497 e. The summed E-state index contributed by atoms with van der Waals surface area (Å²) in [6.07, 6.45) is 1.28. The zero-order chi connectivity index (χ0) is 19.4. The summed E-state index contributed by atoms with van der Waals surface area (Å²) in [5.74, 6) is -0.675. The van der Waals surface area contributed by atoms with Crippen LogP contribution in [0.4, 0.5) is 10.1 Å². The van der Waals surface area contributed by atoms with E-state index in [9.17, 15) is 19.3 Å². The second-order valence-electron chi connectivity index (χ2n) is 6.19. The smallest absolute Gasteiger partial charge is 0.282 e. The van der Waals surface area contributed by atoms with E-state index in [1.165, 1.54) is 37.4 Å². The Kier molecular flexibility index (Phi) is 5.66. The number of ether oxygens (including phenoxy) is 2. The molecule has 1 aliphatic heterocycles.